The van der Waals surface area contributed by atoms with Crippen LogP contribution in [0.4, 0.5) is 0 Å². The van der Waals surface area contributed by atoms with Gasteiger partial charge >= 0.3 is 0 Å². The molecule has 0 atom stereocenters. The standard InChI is InChI=1S/C12H16ClNSi/c1-15(2,3)8-9-7-14-11-6-4-5-10(13)12(9)11/h4-7,14H,8H2,1-3H3. The van der Waals surface area contributed by atoms with Crippen molar-refractivity contribution in [3.8, 4) is 0 Å². The molecule has 0 amide bonds. The molecular formula is C12H16ClNSi. The minimum Gasteiger partial charge on any atom is -0.361 e. The van der Waals surface area contributed by atoms with Crippen LogP contribution in [0, 0.1) is 0 Å². The number of fused-ring (bicyclic) bond motifs is 1. The second-order valence-electron chi connectivity index (χ2n) is 5.21. The monoisotopic (exact) mass is 237 g/mol. The first-order chi connectivity index (χ1) is 6.97. The van der Waals surface area contributed by atoms with Gasteiger partial charge in [0.1, 0.15) is 0 Å². The lowest BCUT2D eigenvalue weighted by atomic mass is 10.2. The molecule has 1 heterocycles. The van der Waals surface area contributed by atoms with E-state index in [0.29, 0.717) is 0 Å². The highest BCUT2D eigenvalue weighted by Crippen LogP contribution is 2.28. The van der Waals surface area contributed by atoms with Gasteiger partial charge < -0.3 is 4.98 Å². The van der Waals surface area contributed by atoms with E-state index >= 15 is 0 Å². The predicted octanol–water partition coefficient (Wildman–Crippen LogP) is 4.24. The van der Waals surface area contributed by atoms with Crippen molar-refractivity contribution in [3.05, 3.63) is 35.0 Å². The predicted molar refractivity (Wildman–Crippen MR) is 70.4 cm³/mol. The maximum atomic E-state index is 6.23. The van der Waals surface area contributed by atoms with Gasteiger partial charge in [-0.2, -0.15) is 0 Å². The lowest BCUT2D eigenvalue weighted by Crippen LogP contribution is -2.23. The number of halogens is 1. The molecular weight excluding hydrogens is 222 g/mol. The maximum Gasteiger partial charge on any atom is 0.0502 e. The number of hydrogen-bond donors (Lipinski definition) is 1. The SMILES string of the molecule is C[Si](C)(C)Cc1c[nH]c2cccc(Cl)c12. The molecule has 1 aromatic carbocycles. The summed E-state index contributed by atoms with van der Waals surface area (Å²) in [5.74, 6) is 0. The zero-order valence-corrected chi connectivity index (χ0v) is 11.2. The average molecular weight is 238 g/mol. The summed E-state index contributed by atoms with van der Waals surface area (Å²) in [4.78, 5) is 3.29. The largest absolute Gasteiger partial charge is 0.361 e. The summed E-state index contributed by atoms with van der Waals surface area (Å²) in [5, 5.41) is 2.07. The van der Waals surface area contributed by atoms with E-state index in [4.69, 9.17) is 11.6 Å². The average Bonchev–Trinajstić information content (AvgIpc) is 2.47. The van der Waals surface area contributed by atoms with Crippen molar-refractivity contribution >= 4 is 30.6 Å². The quantitative estimate of drug-likeness (QED) is 0.752. The first-order valence-electron chi connectivity index (χ1n) is 5.22. The van der Waals surface area contributed by atoms with E-state index in [1.807, 2.05) is 12.1 Å². The molecule has 0 aliphatic carbocycles. The number of rotatable bonds is 2. The van der Waals surface area contributed by atoms with Gasteiger partial charge in [0.05, 0.1) is 5.02 Å². The lowest BCUT2D eigenvalue weighted by molar-refractivity contribution is 1.32. The number of nitrogens with one attached hydrogen (secondary N) is 1. The second-order valence-corrected chi connectivity index (χ2v) is 11.1. The van der Waals surface area contributed by atoms with E-state index in [0.717, 1.165) is 10.5 Å². The Balaban J connectivity index is 2.53. The summed E-state index contributed by atoms with van der Waals surface area (Å²) in [7, 11) is -1.08. The van der Waals surface area contributed by atoms with Gasteiger partial charge in [0.25, 0.3) is 0 Å². The second kappa shape index (κ2) is 3.69. The molecule has 1 N–H and O–H groups in total. The van der Waals surface area contributed by atoms with Crippen molar-refractivity contribution in [1.29, 1.82) is 0 Å². The number of H-pyrrole nitrogens is 1. The fourth-order valence-electron chi connectivity index (χ4n) is 1.92. The summed E-state index contributed by atoms with van der Waals surface area (Å²) in [5.41, 5.74) is 2.52. The normalized spacial score (nSPS) is 12.3. The van der Waals surface area contributed by atoms with Crippen molar-refractivity contribution in [2.75, 3.05) is 0 Å². The number of aromatic amines is 1. The first kappa shape index (κ1) is 10.8. The Morgan fingerprint density at radius 3 is 2.67 bits per heavy atom. The van der Waals surface area contributed by atoms with Crippen molar-refractivity contribution in [2.24, 2.45) is 0 Å². The van der Waals surface area contributed by atoms with Crippen LogP contribution < -0.4 is 0 Å². The fourth-order valence-corrected chi connectivity index (χ4v) is 3.64. The minimum absolute atomic E-state index is 0.863. The summed E-state index contributed by atoms with van der Waals surface area (Å²) >= 11 is 6.23. The van der Waals surface area contributed by atoms with E-state index in [1.165, 1.54) is 17.0 Å². The van der Waals surface area contributed by atoms with Crippen molar-refractivity contribution < 1.29 is 0 Å². The third-order valence-electron chi connectivity index (χ3n) is 2.46. The van der Waals surface area contributed by atoms with Crippen molar-refractivity contribution in [3.63, 3.8) is 0 Å². The van der Waals surface area contributed by atoms with Crippen LogP contribution in [0.25, 0.3) is 10.9 Å². The van der Waals surface area contributed by atoms with Gasteiger partial charge in [0, 0.05) is 25.2 Å². The van der Waals surface area contributed by atoms with Crippen LogP contribution in [0.5, 0.6) is 0 Å². The van der Waals surface area contributed by atoms with Crippen LogP contribution in [-0.4, -0.2) is 13.1 Å². The molecule has 15 heavy (non-hydrogen) atoms. The highest BCUT2D eigenvalue weighted by Gasteiger charge is 2.17. The zero-order valence-electron chi connectivity index (χ0n) is 9.39. The van der Waals surface area contributed by atoms with Crippen LogP contribution in [0.3, 0.4) is 0 Å². The van der Waals surface area contributed by atoms with Gasteiger partial charge in [0.15, 0.2) is 0 Å². The van der Waals surface area contributed by atoms with Gasteiger partial charge in [-0.25, -0.2) is 0 Å². The van der Waals surface area contributed by atoms with E-state index in [-0.39, 0.29) is 0 Å². The maximum absolute atomic E-state index is 6.23. The van der Waals surface area contributed by atoms with Gasteiger partial charge in [-0.15, -0.1) is 0 Å². The topological polar surface area (TPSA) is 15.8 Å². The van der Waals surface area contributed by atoms with Gasteiger partial charge in [-0.1, -0.05) is 37.3 Å². The first-order valence-corrected chi connectivity index (χ1v) is 9.30. The van der Waals surface area contributed by atoms with Crippen molar-refractivity contribution in [2.45, 2.75) is 25.7 Å². The molecule has 3 heteroatoms. The summed E-state index contributed by atoms with van der Waals surface area (Å²) in [6.07, 6.45) is 2.11. The van der Waals surface area contributed by atoms with Gasteiger partial charge in [-0.05, 0) is 23.7 Å². The van der Waals surface area contributed by atoms with E-state index < -0.39 is 8.07 Å². The minimum atomic E-state index is -1.08. The molecule has 0 aliphatic heterocycles. The fraction of sp³-hybridized carbons (Fsp3) is 0.333. The van der Waals surface area contributed by atoms with E-state index in [9.17, 15) is 0 Å². The Labute approximate surface area is 96.5 Å². The van der Waals surface area contributed by atoms with Crippen LogP contribution in [0.1, 0.15) is 5.56 Å². The van der Waals surface area contributed by atoms with Gasteiger partial charge in [0.2, 0.25) is 0 Å². The molecule has 0 unspecified atom stereocenters. The van der Waals surface area contributed by atoms with Gasteiger partial charge in [-0.3, -0.25) is 0 Å². The molecule has 2 rings (SSSR count). The number of benzene rings is 1. The highest BCUT2D eigenvalue weighted by atomic mass is 35.5. The third kappa shape index (κ3) is 2.27. The number of aromatic nitrogens is 1. The zero-order chi connectivity index (χ0) is 11.1. The Bertz CT molecular complexity index is 482. The number of hydrogen-bond acceptors (Lipinski definition) is 0. The lowest BCUT2D eigenvalue weighted by Gasteiger charge is -2.14. The Kier molecular flexibility index (Phi) is 2.65. The Morgan fingerprint density at radius 1 is 1.27 bits per heavy atom. The molecule has 0 radical (unpaired) electrons. The van der Waals surface area contributed by atoms with Crippen LogP contribution in [-0.2, 0) is 6.04 Å². The molecule has 0 spiro atoms. The van der Waals surface area contributed by atoms with Crippen molar-refractivity contribution in [1.82, 2.24) is 4.98 Å². The molecule has 1 nitrogen and oxygen atoms in total. The molecule has 0 saturated heterocycles. The van der Waals surface area contributed by atoms with E-state index in [1.54, 1.807) is 0 Å². The molecule has 80 valence electrons. The summed E-state index contributed by atoms with van der Waals surface area (Å²) < 4.78 is 0. The summed E-state index contributed by atoms with van der Waals surface area (Å²) in [6.45, 7) is 7.13. The highest BCUT2D eigenvalue weighted by molar-refractivity contribution is 6.75. The third-order valence-corrected chi connectivity index (χ3v) is 4.21. The van der Waals surface area contributed by atoms with Crippen LogP contribution >= 0.6 is 11.6 Å². The van der Waals surface area contributed by atoms with E-state index in [2.05, 4.69) is 36.9 Å². The molecule has 0 bridgehead atoms. The molecule has 1 aromatic heterocycles. The molecule has 0 saturated carbocycles. The molecule has 0 fully saturated rings. The Hall–Kier alpha value is -0.733. The molecule has 0 aliphatic rings. The smallest absolute Gasteiger partial charge is 0.0502 e. The summed E-state index contributed by atoms with van der Waals surface area (Å²) in [6, 6.07) is 7.20. The van der Waals surface area contributed by atoms with Crippen LogP contribution in [0.15, 0.2) is 24.4 Å². The van der Waals surface area contributed by atoms with Crippen LogP contribution in [0.2, 0.25) is 24.7 Å². The molecule has 2 aromatic rings. The Morgan fingerprint density at radius 2 is 2.00 bits per heavy atom.